The number of unbranched alkanes of at least 4 members (excludes halogenated alkanes) is 3. The van der Waals surface area contributed by atoms with Crippen LogP contribution in [0.1, 0.15) is 64.0 Å². The average Bonchev–Trinajstić information content (AvgIpc) is 2.41. The van der Waals surface area contributed by atoms with E-state index in [9.17, 15) is 0 Å². The Balaban J connectivity index is 2.52. The first-order chi connectivity index (χ1) is 8.79. The number of ether oxygens (including phenoxy) is 1. The summed E-state index contributed by atoms with van der Waals surface area (Å²) in [6, 6.07) is 8.28. The molecule has 1 unspecified atom stereocenters. The van der Waals surface area contributed by atoms with Gasteiger partial charge in [0.15, 0.2) is 0 Å². The predicted molar refractivity (Wildman–Crippen MR) is 77.9 cm³/mol. The molecular formula is C16H27NO. The van der Waals surface area contributed by atoms with Gasteiger partial charge in [0.2, 0.25) is 0 Å². The number of hydrogen-bond acceptors (Lipinski definition) is 2. The zero-order chi connectivity index (χ0) is 13.2. The van der Waals surface area contributed by atoms with Crippen LogP contribution in [0.3, 0.4) is 0 Å². The monoisotopic (exact) mass is 249 g/mol. The van der Waals surface area contributed by atoms with Gasteiger partial charge in [-0.25, -0.2) is 0 Å². The zero-order valence-electron chi connectivity index (χ0n) is 11.8. The minimum atomic E-state index is 0.106. The lowest BCUT2D eigenvalue weighted by molar-refractivity contribution is 0.311. The van der Waals surface area contributed by atoms with Crippen LogP contribution in [0.15, 0.2) is 24.3 Å². The molecule has 0 aliphatic carbocycles. The average molecular weight is 249 g/mol. The fraction of sp³-hybridized carbons (Fsp3) is 0.625. The number of hydrogen-bond donors (Lipinski definition) is 1. The SMILES string of the molecule is CCCCCCC(N)c1ccccc1OCCC. The molecule has 1 aromatic carbocycles. The van der Waals surface area contributed by atoms with E-state index >= 15 is 0 Å². The van der Waals surface area contributed by atoms with Crippen molar-refractivity contribution < 1.29 is 4.74 Å². The molecule has 0 spiro atoms. The molecule has 0 aliphatic rings. The van der Waals surface area contributed by atoms with Crippen LogP contribution in [0.5, 0.6) is 5.75 Å². The van der Waals surface area contributed by atoms with Crippen molar-refractivity contribution in [2.24, 2.45) is 5.73 Å². The lowest BCUT2D eigenvalue weighted by Gasteiger charge is -2.16. The minimum Gasteiger partial charge on any atom is -0.493 e. The molecule has 0 heterocycles. The normalized spacial score (nSPS) is 12.4. The molecule has 0 radical (unpaired) electrons. The summed E-state index contributed by atoms with van der Waals surface area (Å²) in [6.07, 6.45) is 7.14. The molecular weight excluding hydrogens is 222 g/mol. The zero-order valence-corrected chi connectivity index (χ0v) is 11.8. The summed E-state index contributed by atoms with van der Waals surface area (Å²) in [7, 11) is 0. The molecule has 1 atom stereocenters. The summed E-state index contributed by atoms with van der Waals surface area (Å²) >= 11 is 0. The first-order valence-corrected chi connectivity index (χ1v) is 7.26. The van der Waals surface area contributed by atoms with Gasteiger partial charge in [-0.15, -0.1) is 0 Å². The quantitative estimate of drug-likeness (QED) is 0.656. The van der Waals surface area contributed by atoms with Crippen LogP contribution in [-0.4, -0.2) is 6.61 Å². The van der Waals surface area contributed by atoms with E-state index in [1.807, 2.05) is 18.2 Å². The standard InChI is InChI=1S/C16H27NO/c1-3-5-6-7-11-15(17)14-10-8-9-12-16(14)18-13-4-2/h8-10,12,15H,3-7,11,13,17H2,1-2H3. The summed E-state index contributed by atoms with van der Waals surface area (Å²) in [5, 5.41) is 0. The van der Waals surface area contributed by atoms with Crippen LogP contribution in [0, 0.1) is 0 Å². The molecule has 1 aromatic rings. The van der Waals surface area contributed by atoms with Crippen molar-refractivity contribution in [3.05, 3.63) is 29.8 Å². The Morgan fingerprint density at radius 2 is 1.83 bits per heavy atom. The third-order valence-corrected chi connectivity index (χ3v) is 3.15. The van der Waals surface area contributed by atoms with E-state index in [4.69, 9.17) is 10.5 Å². The van der Waals surface area contributed by atoms with E-state index in [-0.39, 0.29) is 6.04 Å². The van der Waals surface area contributed by atoms with Crippen LogP contribution < -0.4 is 10.5 Å². The van der Waals surface area contributed by atoms with Gasteiger partial charge in [-0.05, 0) is 18.9 Å². The van der Waals surface area contributed by atoms with Gasteiger partial charge in [0.25, 0.3) is 0 Å². The van der Waals surface area contributed by atoms with Crippen molar-refractivity contribution in [2.75, 3.05) is 6.61 Å². The summed E-state index contributed by atoms with van der Waals surface area (Å²) in [4.78, 5) is 0. The van der Waals surface area contributed by atoms with Crippen molar-refractivity contribution in [3.8, 4) is 5.75 Å². The van der Waals surface area contributed by atoms with Crippen molar-refractivity contribution in [3.63, 3.8) is 0 Å². The topological polar surface area (TPSA) is 35.2 Å². The second kappa shape index (κ2) is 8.98. The molecule has 18 heavy (non-hydrogen) atoms. The summed E-state index contributed by atoms with van der Waals surface area (Å²) in [6.45, 7) is 5.11. The Kier molecular flexibility index (Phi) is 7.51. The Labute approximate surface area is 112 Å². The highest BCUT2D eigenvalue weighted by Crippen LogP contribution is 2.27. The lowest BCUT2D eigenvalue weighted by atomic mass is 10.00. The van der Waals surface area contributed by atoms with E-state index < -0.39 is 0 Å². The maximum absolute atomic E-state index is 6.27. The molecule has 0 bridgehead atoms. The lowest BCUT2D eigenvalue weighted by Crippen LogP contribution is -2.12. The molecule has 0 saturated carbocycles. The van der Waals surface area contributed by atoms with Crippen molar-refractivity contribution in [2.45, 2.75) is 58.4 Å². The van der Waals surface area contributed by atoms with Crippen LogP contribution in [0.2, 0.25) is 0 Å². The van der Waals surface area contributed by atoms with Gasteiger partial charge >= 0.3 is 0 Å². The highest BCUT2D eigenvalue weighted by atomic mass is 16.5. The fourth-order valence-corrected chi connectivity index (χ4v) is 2.08. The third-order valence-electron chi connectivity index (χ3n) is 3.15. The molecule has 2 N–H and O–H groups in total. The molecule has 1 rings (SSSR count). The van der Waals surface area contributed by atoms with E-state index in [2.05, 4.69) is 19.9 Å². The van der Waals surface area contributed by atoms with Crippen molar-refractivity contribution in [1.82, 2.24) is 0 Å². The second-order valence-corrected chi connectivity index (χ2v) is 4.84. The molecule has 0 fully saturated rings. The van der Waals surface area contributed by atoms with Crippen LogP contribution in [-0.2, 0) is 0 Å². The Hall–Kier alpha value is -1.02. The number of benzene rings is 1. The van der Waals surface area contributed by atoms with Crippen LogP contribution in [0.4, 0.5) is 0 Å². The summed E-state index contributed by atoms with van der Waals surface area (Å²) in [5.41, 5.74) is 7.42. The van der Waals surface area contributed by atoms with Crippen molar-refractivity contribution >= 4 is 0 Å². The van der Waals surface area contributed by atoms with Gasteiger partial charge in [0.1, 0.15) is 5.75 Å². The molecule has 2 heteroatoms. The van der Waals surface area contributed by atoms with E-state index in [1.54, 1.807) is 0 Å². The van der Waals surface area contributed by atoms with Gasteiger partial charge < -0.3 is 10.5 Å². The first kappa shape index (κ1) is 15.0. The number of rotatable bonds is 9. The van der Waals surface area contributed by atoms with E-state index in [0.29, 0.717) is 0 Å². The number of para-hydroxylation sites is 1. The van der Waals surface area contributed by atoms with E-state index in [0.717, 1.165) is 30.8 Å². The fourth-order valence-electron chi connectivity index (χ4n) is 2.08. The molecule has 2 nitrogen and oxygen atoms in total. The van der Waals surface area contributed by atoms with Gasteiger partial charge in [-0.3, -0.25) is 0 Å². The Bertz CT molecular complexity index is 325. The maximum Gasteiger partial charge on any atom is 0.124 e. The Morgan fingerprint density at radius 3 is 2.56 bits per heavy atom. The highest BCUT2D eigenvalue weighted by molar-refractivity contribution is 5.35. The largest absolute Gasteiger partial charge is 0.493 e. The highest BCUT2D eigenvalue weighted by Gasteiger charge is 2.11. The first-order valence-electron chi connectivity index (χ1n) is 7.26. The maximum atomic E-state index is 6.27. The van der Waals surface area contributed by atoms with Crippen molar-refractivity contribution in [1.29, 1.82) is 0 Å². The third kappa shape index (κ3) is 5.09. The Morgan fingerprint density at radius 1 is 1.06 bits per heavy atom. The van der Waals surface area contributed by atoms with Gasteiger partial charge in [0, 0.05) is 11.6 Å². The van der Waals surface area contributed by atoms with Gasteiger partial charge in [-0.2, -0.15) is 0 Å². The predicted octanol–water partition coefficient (Wildman–Crippen LogP) is 4.45. The molecule has 0 saturated heterocycles. The summed E-state index contributed by atoms with van der Waals surface area (Å²) < 4.78 is 5.75. The summed E-state index contributed by atoms with van der Waals surface area (Å²) in [5.74, 6) is 0.961. The smallest absolute Gasteiger partial charge is 0.124 e. The van der Waals surface area contributed by atoms with E-state index in [1.165, 1.54) is 25.7 Å². The second-order valence-electron chi connectivity index (χ2n) is 4.84. The van der Waals surface area contributed by atoms with Crippen LogP contribution >= 0.6 is 0 Å². The molecule has 0 aliphatic heterocycles. The van der Waals surface area contributed by atoms with Crippen LogP contribution in [0.25, 0.3) is 0 Å². The minimum absolute atomic E-state index is 0.106. The molecule has 0 amide bonds. The molecule has 102 valence electrons. The van der Waals surface area contributed by atoms with Gasteiger partial charge in [-0.1, -0.05) is 57.7 Å². The molecule has 0 aromatic heterocycles. The van der Waals surface area contributed by atoms with Gasteiger partial charge in [0.05, 0.1) is 6.61 Å². The number of nitrogens with two attached hydrogens (primary N) is 1.